The van der Waals surface area contributed by atoms with E-state index in [9.17, 15) is 14.3 Å². The quantitative estimate of drug-likeness (QED) is 0.796. The van der Waals surface area contributed by atoms with Gasteiger partial charge in [0.1, 0.15) is 23.1 Å². The minimum absolute atomic E-state index is 0.0253. The van der Waals surface area contributed by atoms with E-state index in [0.29, 0.717) is 17.1 Å². The number of aliphatic hydroxyl groups excluding tert-OH is 1. The highest BCUT2D eigenvalue weighted by Gasteiger charge is 2.41. The van der Waals surface area contributed by atoms with Gasteiger partial charge in [0.05, 0.1) is 5.57 Å². The van der Waals surface area contributed by atoms with E-state index in [0.717, 1.165) is 36.8 Å². The normalized spacial score (nSPS) is 22.0. The molecule has 2 bridgehead atoms. The molecule has 2 aliphatic rings. The van der Waals surface area contributed by atoms with E-state index in [4.69, 9.17) is 4.74 Å². The van der Waals surface area contributed by atoms with Crippen molar-refractivity contribution in [3.8, 4) is 11.5 Å². The summed E-state index contributed by atoms with van der Waals surface area (Å²) in [5.74, 6) is 1.17. The van der Waals surface area contributed by atoms with Gasteiger partial charge in [0.25, 0.3) is 0 Å². The predicted octanol–water partition coefficient (Wildman–Crippen LogP) is 5.45. The molecule has 1 N–H and O–H groups in total. The van der Waals surface area contributed by atoms with Crippen LogP contribution in [0.15, 0.2) is 48.2 Å². The molecule has 26 heavy (non-hydrogen) atoms. The van der Waals surface area contributed by atoms with E-state index < -0.39 is 0 Å². The number of aliphatic hydroxyl groups is 1. The van der Waals surface area contributed by atoms with E-state index in [1.165, 1.54) is 12.1 Å². The van der Waals surface area contributed by atoms with Crippen molar-refractivity contribution in [2.45, 2.75) is 32.6 Å². The summed E-state index contributed by atoms with van der Waals surface area (Å²) < 4.78 is 18.9. The van der Waals surface area contributed by atoms with Gasteiger partial charge in [0.2, 0.25) is 0 Å². The minimum Gasteiger partial charge on any atom is -0.511 e. The lowest BCUT2D eigenvalue weighted by Crippen LogP contribution is -2.21. The summed E-state index contributed by atoms with van der Waals surface area (Å²) in [7, 11) is 0. The van der Waals surface area contributed by atoms with Crippen LogP contribution in [0.5, 0.6) is 11.5 Å². The van der Waals surface area contributed by atoms with Crippen LogP contribution in [0.3, 0.4) is 0 Å². The Balaban J connectivity index is 1.74. The Morgan fingerprint density at radius 3 is 2.50 bits per heavy atom. The zero-order chi connectivity index (χ0) is 18.3. The first-order chi connectivity index (χ1) is 12.6. The molecule has 0 saturated heterocycles. The molecule has 1 fully saturated rings. The fraction of sp³-hybridized carbons (Fsp3) is 0.318. The molecule has 2 atom stereocenters. The Kier molecular flexibility index (Phi) is 4.27. The van der Waals surface area contributed by atoms with E-state index in [1.807, 2.05) is 25.1 Å². The second-order valence-electron chi connectivity index (χ2n) is 7.06. The Morgan fingerprint density at radius 2 is 1.77 bits per heavy atom. The summed E-state index contributed by atoms with van der Waals surface area (Å²) >= 11 is 0. The van der Waals surface area contributed by atoms with Crippen LogP contribution in [0.2, 0.25) is 0 Å². The van der Waals surface area contributed by atoms with Gasteiger partial charge in [0, 0.05) is 11.8 Å². The largest absolute Gasteiger partial charge is 0.511 e. The highest BCUT2D eigenvalue weighted by atomic mass is 19.1. The molecule has 0 unspecified atom stereocenters. The van der Waals surface area contributed by atoms with Gasteiger partial charge in [-0.2, -0.15) is 0 Å². The van der Waals surface area contributed by atoms with Crippen molar-refractivity contribution in [3.05, 3.63) is 65.2 Å². The van der Waals surface area contributed by atoms with Crippen molar-refractivity contribution < 1.29 is 19.0 Å². The van der Waals surface area contributed by atoms with Gasteiger partial charge in [-0.3, -0.25) is 4.79 Å². The highest BCUT2D eigenvalue weighted by molar-refractivity contribution is 6.23. The summed E-state index contributed by atoms with van der Waals surface area (Å²) in [4.78, 5) is 12.9. The molecule has 4 rings (SSSR count). The summed E-state index contributed by atoms with van der Waals surface area (Å²) in [6, 6.07) is 11.4. The Hall–Kier alpha value is -2.62. The van der Waals surface area contributed by atoms with Crippen LogP contribution in [0, 0.1) is 17.7 Å². The lowest BCUT2D eigenvalue weighted by Gasteiger charge is -2.23. The number of ether oxygens (including phenoxy) is 1. The number of fused-ring (bicyclic) bond motifs is 2. The molecule has 0 aliphatic heterocycles. The molecule has 134 valence electrons. The SMILES string of the molecule is CCc1ccc(Oc2ccc(F)cc2)cc1C1=C(O)[C@@H]2CC[C@@H](C2)C1=O. The van der Waals surface area contributed by atoms with Crippen LogP contribution in [-0.4, -0.2) is 10.9 Å². The van der Waals surface area contributed by atoms with Gasteiger partial charge in [0.15, 0.2) is 5.78 Å². The summed E-state index contributed by atoms with van der Waals surface area (Å²) in [6.07, 6.45) is 3.25. The number of allylic oxidation sites excluding steroid dienone is 2. The third-order valence-corrected chi connectivity index (χ3v) is 5.47. The predicted molar refractivity (Wildman–Crippen MR) is 97.7 cm³/mol. The molecule has 0 heterocycles. The fourth-order valence-corrected chi connectivity index (χ4v) is 4.07. The number of halogens is 1. The van der Waals surface area contributed by atoms with Gasteiger partial charge < -0.3 is 9.84 Å². The average Bonchev–Trinajstić information content (AvgIpc) is 3.10. The second kappa shape index (κ2) is 6.60. The summed E-state index contributed by atoms with van der Waals surface area (Å²) in [5.41, 5.74) is 2.23. The molecular formula is C22H21FO3. The van der Waals surface area contributed by atoms with Crippen molar-refractivity contribution in [2.75, 3.05) is 0 Å². The number of benzene rings is 2. The van der Waals surface area contributed by atoms with E-state index >= 15 is 0 Å². The molecule has 1 saturated carbocycles. The minimum atomic E-state index is -0.322. The lowest BCUT2D eigenvalue weighted by atomic mass is 9.81. The Bertz CT molecular complexity index is 883. The molecule has 4 heteroatoms. The Morgan fingerprint density at radius 1 is 1.08 bits per heavy atom. The van der Waals surface area contributed by atoms with Crippen LogP contribution in [0.25, 0.3) is 5.57 Å². The smallest absolute Gasteiger partial charge is 0.169 e. The fourth-order valence-electron chi connectivity index (χ4n) is 4.07. The molecule has 2 aliphatic carbocycles. The first-order valence-electron chi connectivity index (χ1n) is 9.11. The topological polar surface area (TPSA) is 46.5 Å². The third-order valence-electron chi connectivity index (χ3n) is 5.47. The zero-order valence-corrected chi connectivity index (χ0v) is 14.7. The molecule has 2 aromatic rings. The molecule has 0 radical (unpaired) electrons. The number of Topliss-reactive ketones (excluding diaryl/α,β-unsaturated/α-hetero) is 1. The molecule has 3 nitrogen and oxygen atoms in total. The van der Waals surface area contributed by atoms with E-state index in [2.05, 4.69) is 0 Å². The van der Waals surface area contributed by atoms with Crippen LogP contribution in [-0.2, 0) is 11.2 Å². The summed E-state index contributed by atoms with van der Waals surface area (Å²) in [6.45, 7) is 2.03. The number of hydrogen-bond acceptors (Lipinski definition) is 3. The summed E-state index contributed by atoms with van der Waals surface area (Å²) in [5, 5.41) is 10.7. The molecule has 0 amide bonds. The van der Waals surface area contributed by atoms with Crippen LogP contribution < -0.4 is 4.74 Å². The van der Waals surface area contributed by atoms with E-state index in [-0.39, 0.29) is 29.2 Å². The zero-order valence-electron chi connectivity index (χ0n) is 14.7. The van der Waals surface area contributed by atoms with Crippen LogP contribution in [0.1, 0.15) is 37.3 Å². The first kappa shape index (κ1) is 16.8. The Labute approximate surface area is 152 Å². The standard InChI is InChI=1S/C22H21FO3/c1-2-13-5-8-18(26-17-9-6-16(23)7-10-17)12-19(13)20-21(24)14-3-4-15(11-14)22(20)25/h5-10,12,14-15,24H,2-4,11H2,1H3/t14-,15+/m1/s1. The maximum absolute atomic E-state index is 13.1. The third kappa shape index (κ3) is 2.90. The van der Waals surface area contributed by atoms with Crippen LogP contribution >= 0.6 is 0 Å². The van der Waals surface area contributed by atoms with Crippen molar-refractivity contribution in [1.29, 1.82) is 0 Å². The number of hydrogen-bond donors (Lipinski definition) is 1. The van der Waals surface area contributed by atoms with Gasteiger partial charge in [-0.15, -0.1) is 0 Å². The van der Waals surface area contributed by atoms with Crippen molar-refractivity contribution in [2.24, 2.45) is 11.8 Å². The molecule has 2 aromatic carbocycles. The van der Waals surface area contributed by atoms with Gasteiger partial charge >= 0.3 is 0 Å². The van der Waals surface area contributed by atoms with Gasteiger partial charge in [-0.05, 0) is 73.2 Å². The number of rotatable bonds is 4. The van der Waals surface area contributed by atoms with Crippen molar-refractivity contribution in [1.82, 2.24) is 0 Å². The lowest BCUT2D eigenvalue weighted by molar-refractivity contribution is -0.117. The van der Waals surface area contributed by atoms with Crippen LogP contribution in [0.4, 0.5) is 4.39 Å². The maximum Gasteiger partial charge on any atom is 0.169 e. The van der Waals surface area contributed by atoms with Crippen molar-refractivity contribution >= 4 is 11.4 Å². The first-order valence-corrected chi connectivity index (χ1v) is 9.11. The van der Waals surface area contributed by atoms with Gasteiger partial charge in [-0.25, -0.2) is 4.39 Å². The van der Waals surface area contributed by atoms with Gasteiger partial charge in [-0.1, -0.05) is 13.0 Å². The number of ketones is 1. The number of carbonyl (C=O) groups is 1. The maximum atomic E-state index is 13.1. The molecular weight excluding hydrogens is 331 g/mol. The monoisotopic (exact) mass is 352 g/mol. The number of aryl methyl sites for hydroxylation is 1. The van der Waals surface area contributed by atoms with E-state index in [1.54, 1.807) is 12.1 Å². The number of carbonyl (C=O) groups excluding carboxylic acids is 1. The van der Waals surface area contributed by atoms with Crippen molar-refractivity contribution in [3.63, 3.8) is 0 Å². The molecule has 0 aromatic heterocycles. The molecule has 0 spiro atoms. The average molecular weight is 352 g/mol. The second-order valence-corrected chi connectivity index (χ2v) is 7.06. The highest BCUT2D eigenvalue weighted by Crippen LogP contribution is 2.46.